The van der Waals surface area contributed by atoms with E-state index in [0.717, 1.165) is 11.8 Å². The lowest BCUT2D eigenvalue weighted by Gasteiger charge is -2.08. The number of amides is 2. The van der Waals surface area contributed by atoms with Crippen LogP contribution < -0.4 is 10.6 Å². The number of carbonyl (C=O) groups is 2. The maximum Gasteiger partial charge on any atom is 0.234 e. The minimum Gasteiger partial charge on any atom is -0.326 e. The van der Waals surface area contributed by atoms with E-state index in [1.807, 2.05) is 0 Å². The van der Waals surface area contributed by atoms with Crippen LogP contribution in [0.4, 0.5) is 15.8 Å². The SMILES string of the molecule is CCC(=O)Nc1cccc(NC(=O)CSc2nnnn2-c2ccc(F)cc2)c1. The summed E-state index contributed by atoms with van der Waals surface area (Å²) in [7, 11) is 0. The number of anilines is 2. The highest BCUT2D eigenvalue weighted by Gasteiger charge is 2.12. The van der Waals surface area contributed by atoms with Crippen LogP contribution in [0.5, 0.6) is 0 Å². The minimum absolute atomic E-state index is 0.0765. The third-order valence-electron chi connectivity index (χ3n) is 3.60. The van der Waals surface area contributed by atoms with Gasteiger partial charge in [0.1, 0.15) is 5.82 Å². The second-order valence-corrected chi connectivity index (χ2v) is 6.61. The lowest BCUT2D eigenvalue weighted by atomic mass is 10.2. The van der Waals surface area contributed by atoms with Gasteiger partial charge in [0.05, 0.1) is 11.4 Å². The molecule has 0 aliphatic heterocycles. The Bertz CT molecular complexity index is 976. The second kappa shape index (κ2) is 9.09. The first kappa shape index (κ1) is 19.5. The molecule has 0 aliphatic carbocycles. The molecule has 0 atom stereocenters. The quantitative estimate of drug-likeness (QED) is 0.592. The molecule has 3 rings (SSSR count). The minimum atomic E-state index is -0.359. The van der Waals surface area contributed by atoms with E-state index in [-0.39, 0.29) is 23.4 Å². The molecule has 144 valence electrons. The first-order chi connectivity index (χ1) is 13.5. The topological polar surface area (TPSA) is 102 Å². The third-order valence-corrected chi connectivity index (χ3v) is 4.51. The smallest absolute Gasteiger partial charge is 0.234 e. The monoisotopic (exact) mass is 400 g/mol. The maximum absolute atomic E-state index is 13.1. The van der Waals surface area contributed by atoms with Crippen molar-refractivity contribution in [1.29, 1.82) is 0 Å². The number of hydrogen-bond acceptors (Lipinski definition) is 6. The predicted octanol–water partition coefficient (Wildman–Crippen LogP) is 2.88. The molecule has 1 heterocycles. The van der Waals surface area contributed by atoms with Crippen molar-refractivity contribution in [1.82, 2.24) is 20.2 Å². The van der Waals surface area contributed by atoms with Crippen molar-refractivity contribution in [3.63, 3.8) is 0 Å². The molecule has 3 aromatic rings. The summed E-state index contributed by atoms with van der Waals surface area (Å²) in [5.74, 6) is -0.639. The summed E-state index contributed by atoms with van der Waals surface area (Å²) in [5, 5.41) is 17.3. The van der Waals surface area contributed by atoms with Gasteiger partial charge in [-0.15, -0.1) is 5.10 Å². The Kier molecular flexibility index (Phi) is 6.33. The van der Waals surface area contributed by atoms with E-state index >= 15 is 0 Å². The number of thioether (sulfide) groups is 1. The molecule has 2 amide bonds. The molecule has 2 N–H and O–H groups in total. The first-order valence-electron chi connectivity index (χ1n) is 8.42. The van der Waals surface area contributed by atoms with E-state index in [0.29, 0.717) is 28.6 Å². The van der Waals surface area contributed by atoms with Crippen LogP contribution in [-0.4, -0.2) is 37.8 Å². The van der Waals surface area contributed by atoms with Gasteiger partial charge in [-0.05, 0) is 52.9 Å². The number of aromatic nitrogens is 4. The molecule has 0 radical (unpaired) electrons. The number of halogens is 1. The fourth-order valence-corrected chi connectivity index (χ4v) is 2.96. The van der Waals surface area contributed by atoms with E-state index in [2.05, 4.69) is 26.2 Å². The van der Waals surface area contributed by atoms with Crippen LogP contribution in [0.25, 0.3) is 5.69 Å². The van der Waals surface area contributed by atoms with Crippen molar-refractivity contribution in [3.8, 4) is 5.69 Å². The van der Waals surface area contributed by atoms with Gasteiger partial charge in [-0.3, -0.25) is 9.59 Å². The van der Waals surface area contributed by atoms with Crippen LogP contribution in [0.3, 0.4) is 0 Å². The number of tetrazole rings is 1. The molecule has 10 heteroatoms. The standard InChI is InChI=1S/C18H17FN6O2S/c1-2-16(26)20-13-4-3-5-14(10-13)21-17(27)11-28-18-22-23-24-25(18)15-8-6-12(19)7-9-15/h3-10H,2,11H2,1H3,(H,20,26)(H,21,27). The Labute approximate surface area is 164 Å². The van der Waals surface area contributed by atoms with Gasteiger partial charge in [0.15, 0.2) is 0 Å². The van der Waals surface area contributed by atoms with Gasteiger partial charge in [-0.1, -0.05) is 24.8 Å². The van der Waals surface area contributed by atoms with Gasteiger partial charge in [-0.25, -0.2) is 4.39 Å². The zero-order chi connectivity index (χ0) is 19.9. The number of benzene rings is 2. The molecule has 0 spiro atoms. The van der Waals surface area contributed by atoms with Crippen LogP contribution in [0.2, 0.25) is 0 Å². The van der Waals surface area contributed by atoms with Crippen molar-refractivity contribution in [2.45, 2.75) is 18.5 Å². The number of hydrogen-bond donors (Lipinski definition) is 2. The summed E-state index contributed by atoms with van der Waals surface area (Å²) >= 11 is 1.15. The molecule has 0 aliphatic rings. The molecule has 0 bridgehead atoms. The van der Waals surface area contributed by atoms with E-state index in [9.17, 15) is 14.0 Å². The van der Waals surface area contributed by atoms with Gasteiger partial charge in [0.2, 0.25) is 17.0 Å². The van der Waals surface area contributed by atoms with Crippen molar-refractivity contribution in [2.75, 3.05) is 16.4 Å². The van der Waals surface area contributed by atoms with Gasteiger partial charge in [-0.2, -0.15) is 4.68 Å². The Balaban J connectivity index is 1.60. The lowest BCUT2D eigenvalue weighted by Crippen LogP contribution is -2.15. The summed E-state index contributed by atoms with van der Waals surface area (Å²) in [4.78, 5) is 23.7. The van der Waals surface area contributed by atoms with E-state index in [1.165, 1.54) is 16.8 Å². The number of carbonyl (C=O) groups excluding carboxylic acids is 2. The maximum atomic E-state index is 13.1. The van der Waals surface area contributed by atoms with Crippen molar-refractivity contribution >= 4 is 35.0 Å². The van der Waals surface area contributed by atoms with E-state index in [1.54, 1.807) is 43.3 Å². The largest absolute Gasteiger partial charge is 0.326 e. The number of rotatable bonds is 7. The summed E-state index contributed by atoms with van der Waals surface area (Å²) in [5.41, 5.74) is 1.77. The van der Waals surface area contributed by atoms with Crippen LogP contribution in [0, 0.1) is 5.82 Å². The fourth-order valence-electron chi connectivity index (χ4n) is 2.26. The summed E-state index contributed by atoms with van der Waals surface area (Å²) < 4.78 is 14.5. The summed E-state index contributed by atoms with van der Waals surface area (Å²) in [6.45, 7) is 1.76. The Morgan fingerprint density at radius 1 is 1.07 bits per heavy atom. The zero-order valence-electron chi connectivity index (χ0n) is 14.9. The van der Waals surface area contributed by atoms with Gasteiger partial charge in [0.25, 0.3) is 0 Å². The highest BCUT2D eigenvalue weighted by atomic mass is 32.2. The summed E-state index contributed by atoms with van der Waals surface area (Å²) in [6, 6.07) is 12.6. The Morgan fingerprint density at radius 3 is 2.43 bits per heavy atom. The number of nitrogens with zero attached hydrogens (tertiary/aromatic N) is 4. The molecule has 0 saturated heterocycles. The molecule has 8 nitrogen and oxygen atoms in total. The van der Waals surface area contributed by atoms with Gasteiger partial charge in [0, 0.05) is 17.8 Å². The third kappa shape index (κ3) is 5.13. The Hall–Kier alpha value is -3.27. The van der Waals surface area contributed by atoms with Gasteiger partial charge >= 0.3 is 0 Å². The first-order valence-corrected chi connectivity index (χ1v) is 9.40. The highest BCUT2D eigenvalue weighted by Crippen LogP contribution is 2.20. The Morgan fingerprint density at radius 2 is 1.75 bits per heavy atom. The van der Waals surface area contributed by atoms with Crippen LogP contribution >= 0.6 is 11.8 Å². The average Bonchev–Trinajstić information content (AvgIpc) is 3.16. The molecular formula is C18H17FN6O2S. The van der Waals surface area contributed by atoms with Crippen LogP contribution in [0.1, 0.15) is 13.3 Å². The molecule has 1 aromatic heterocycles. The average molecular weight is 400 g/mol. The fraction of sp³-hybridized carbons (Fsp3) is 0.167. The zero-order valence-corrected chi connectivity index (χ0v) is 15.7. The molecule has 2 aromatic carbocycles. The molecular weight excluding hydrogens is 383 g/mol. The van der Waals surface area contributed by atoms with E-state index < -0.39 is 0 Å². The van der Waals surface area contributed by atoms with Crippen molar-refractivity contribution in [3.05, 3.63) is 54.3 Å². The molecule has 28 heavy (non-hydrogen) atoms. The number of nitrogens with one attached hydrogen (secondary N) is 2. The van der Waals surface area contributed by atoms with E-state index in [4.69, 9.17) is 0 Å². The lowest BCUT2D eigenvalue weighted by molar-refractivity contribution is -0.116. The molecule has 0 saturated carbocycles. The summed E-state index contributed by atoms with van der Waals surface area (Å²) in [6.07, 6.45) is 0.371. The highest BCUT2D eigenvalue weighted by molar-refractivity contribution is 7.99. The molecule has 0 unspecified atom stereocenters. The van der Waals surface area contributed by atoms with Crippen molar-refractivity contribution in [2.24, 2.45) is 0 Å². The van der Waals surface area contributed by atoms with Gasteiger partial charge < -0.3 is 10.6 Å². The normalized spacial score (nSPS) is 10.5. The molecule has 0 fully saturated rings. The van der Waals surface area contributed by atoms with Crippen molar-refractivity contribution < 1.29 is 14.0 Å². The van der Waals surface area contributed by atoms with Crippen LogP contribution in [-0.2, 0) is 9.59 Å². The van der Waals surface area contributed by atoms with Crippen LogP contribution in [0.15, 0.2) is 53.7 Å². The predicted molar refractivity (Wildman–Crippen MR) is 104 cm³/mol. The second-order valence-electron chi connectivity index (χ2n) is 5.67.